The average Bonchev–Trinajstić information content (AvgIpc) is 3.38. The second kappa shape index (κ2) is 13.1. The molecule has 0 amide bonds. The Balaban J connectivity index is 1.62. The van der Waals surface area contributed by atoms with Gasteiger partial charge in [-0.3, -0.25) is 4.90 Å². The number of allylic oxidation sites excluding steroid dienone is 2. The molecule has 4 nitrogen and oxygen atoms in total. The van der Waals surface area contributed by atoms with Crippen molar-refractivity contribution in [1.29, 1.82) is 0 Å². The third-order valence-corrected chi connectivity index (χ3v) is 6.58. The second-order valence-corrected chi connectivity index (χ2v) is 9.29. The van der Waals surface area contributed by atoms with Crippen LogP contribution < -0.4 is 9.47 Å². The maximum absolute atomic E-state index is 14.2. The fourth-order valence-corrected chi connectivity index (χ4v) is 4.73. The van der Waals surface area contributed by atoms with E-state index in [2.05, 4.69) is 72.2 Å². The predicted molar refractivity (Wildman–Crippen MR) is 149 cm³/mol. The molecule has 194 valence electrons. The Morgan fingerprint density at radius 3 is 2.38 bits per heavy atom. The molecule has 1 aliphatic rings. The summed E-state index contributed by atoms with van der Waals surface area (Å²) in [6.45, 7) is 9.77. The summed E-state index contributed by atoms with van der Waals surface area (Å²) in [6.07, 6.45) is 6.41. The van der Waals surface area contributed by atoms with E-state index in [0.29, 0.717) is 0 Å². The van der Waals surface area contributed by atoms with Gasteiger partial charge in [0.15, 0.2) is 11.5 Å². The lowest BCUT2D eigenvalue weighted by molar-refractivity contribution is 0.174. The molecule has 0 spiro atoms. The molecule has 0 saturated heterocycles. The van der Waals surface area contributed by atoms with Gasteiger partial charge in [0.2, 0.25) is 6.79 Å². The average molecular weight is 501 g/mol. The molecule has 5 heteroatoms. The largest absolute Gasteiger partial charge is 0.454 e. The zero-order valence-corrected chi connectivity index (χ0v) is 22.1. The molecule has 1 heterocycles. The van der Waals surface area contributed by atoms with Crippen molar-refractivity contribution in [2.24, 2.45) is 0 Å². The highest BCUT2D eigenvalue weighted by Gasteiger charge is 2.20. The molecule has 0 aliphatic carbocycles. The summed E-state index contributed by atoms with van der Waals surface area (Å²) in [6, 6.07) is 23.6. The Bertz CT molecular complexity index is 1220. The van der Waals surface area contributed by atoms with Gasteiger partial charge in [-0.2, -0.15) is 0 Å². The minimum Gasteiger partial charge on any atom is -0.454 e. The summed E-state index contributed by atoms with van der Waals surface area (Å²) < 4.78 is 25.3. The number of unbranched alkanes of at least 4 members (excludes halogenated alkanes) is 1. The van der Waals surface area contributed by atoms with Crippen LogP contribution >= 0.6 is 0 Å². The van der Waals surface area contributed by atoms with Gasteiger partial charge in [-0.15, -0.1) is 0 Å². The topological polar surface area (TPSA) is 24.9 Å². The van der Waals surface area contributed by atoms with Crippen molar-refractivity contribution in [2.75, 3.05) is 19.9 Å². The van der Waals surface area contributed by atoms with Crippen LogP contribution in [-0.4, -0.2) is 29.7 Å². The van der Waals surface area contributed by atoms with Crippen molar-refractivity contribution in [3.63, 3.8) is 0 Å². The Morgan fingerprint density at radius 2 is 1.65 bits per heavy atom. The molecule has 0 N–H and O–H groups in total. The van der Waals surface area contributed by atoms with E-state index in [9.17, 15) is 4.39 Å². The van der Waals surface area contributed by atoms with Crippen LogP contribution in [0.25, 0.3) is 5.70 Å². The van der Waals surface area contributed by atoms with Gasteiger partial charge in [0.1, 0.15) is 5.82 Å². The number of hydrogen-bond donors (Lipinski definition) is 0. The van der Waals surface area contributed by atoms with E-state index in [1.54, 1.807) is 12.1 Å². The molecule has 0 aromatic heterocycles. The first-order valence-electron chi connectivity index (χ1n) is 13.1. The van der Waals surface area contributed by atoms with Crippen LogP contribution in [0.3, 0.4) is 0 Å². The van der Waals surface area contributed by atoms with E-state index in [-0.39, 0.29) is 12.6 Å². The lowest BCUT2D eigenvalue weighted by Crippen LogP contribution is -2.33. The van der Waals surface area contributed by atoms with Gasteiger partial charge >= 0.3 is 0 Å². The molecule has 0 unspecified atom stereocenters. The maximum Gasteiger partial charge on any atom is 0.231 e. The molecule has 0 radical (unpaired) electrons. The van der Waals surface area contributed by atoms with E-state index in [1.165, 1.54) is 22.9 Å². The van der Waals surface area contributed by atoms with E-state index >= 15 is 0 Å². The van der Waals surface area contributed by atoms with Gasteiger partial charge in [-0.25, -0.2) is 4.39 Å². The van der Waals surface area contributed by atoms with Gasteiger partial charge < -0.3 is 14.4 Å². The van der Waals surface area contributed by atoms with Gasteiger partial charge in [0.05, 0.1) is 0 Å². The van der Waals surface area contributed by atoms with Crippen molar-refractivity contribution in [2.45, 2.75) is 46.7 Å². The number of ether oxygens (including phenoxy) is 2. The van der Waals surface area contributed by atoms with Crippen molar-refractivity contribution in [3.8, 4) is 11.5 Å². The third kappa shape index (κ3) is 7.01. The second-order valence-electron chi connectivity index (χ2n) is 9.29. The molecule has 0 saturated carbocycles. The normalized spacial score (nSPS) is 13.3. The van der Waals surface area contributed by atoms with Crippen molar-refractivity contribution >= 4 is 5.70 Å². The first-order chi connectivity index (χ1) is 18.1. The monoisotopic (exact) mass is 500 g/mol. The first kappa shape index (κ1) is 26.5. The highest BCUT2D eigenvalue weighted by Crippen LogP contribution is 2.33. The van der Waals surface area contributed by atoms with Crippen LogP contribution in [0.5, 0.6) is 11.5 Å². The van der Waals surface area contributed by atoms with Gasteiger partial charge in [-0.1, -0.05) is 74.0 Å². The van der Waals surface area contributed by atoms with E-state index < -0.39 is 0 Å². The molecule has 0 fully saturated rings. The van der Waals surface area contributed by atoms with Crippen LogP contribution in [0.2, 0.25) is 0 Å². The van der Waals surface area contributed by atoms with Crippen molar-refractivity contribution in [3.05, 3.63) is 113 Å². The quantitative estimate of drug-likeness (QED) is 0.255. The standard InChI is InChI=1S/C32H37FN2O2/c1-4-7-18-35(30(6-3)27-14-11-15-28(33)20-27)29(5-2)23-34(21-25-12-9-8-10-13-25)22-26-16-17-31-32(19-26)37-24-36-31/h5-6,8-17,19-20H,4,7,18,21-24H2,1-3H3/b29-5-,30-6+. The van der Waals surface area contributed by atoms with E-state index in [0.717, 1.165) is 61.8 Å². The highest BCUT2D eigenvalue weighted by molar-refractivity contribution is 5.65. The van der Waals surface area contributed by atoms with Crippen LogP contribution in [0.1, 0.15) is 50.3 Å². The summed E-state index contributed by atoms with van der Waals surface area (Å²) in [5, 5.41) is 0. The minimum absolute atomic E-state index is 0.220. The molecule has 4 rings (SSSR count). The molecular formula is C32H37FN2O2. The molecular weight excluding hydrogens is 463 g/mol. The Morgan fingerprint density at radius 1 is 0.865 bits per heavy atom. The lowest BCUT2D eigenvalue weighted by Gasteiger charge is -2.34. The smallest absolute Gasteiger partial charge is 0.231 e. The number of fused-ring (bicyclic) bond motifs is 1. The molecule has 37 heavy (non-hydrogen) atoms. The fourth-order valence-electron chi connectivity index (χ4n) is 4.73. The third-order valence-electron chi connectivity index (χ3n) is 6.58. The summed E-state index contributed by atoms with van der Waals surface area (Å²) in [7, 11) is 0. The van der Waals surface area contributed by atoms with Gasteiger partial charge in [0, 0.05) is 43.1 Å². The Kier molecular flexibility index (Phi) is 9.39. The molecule has 3 aromatic rings. The number of rotatable bonds is 12. The summed E-state index contributed by atoms with van der Waals surface area (Å²) >= 11 is 0. The Hall–Kier alpha value is -3.57. The van der Waals surface area contributed by atoms with Crippen LogP contribution in [0, 0.1) is 5.82 Å². The number of nitrogens with zero attached hydrogens (tertiary/aromatic N) is 2. The Labute approximate surface area is 220 Å². The van der Waals surface area contributed by atoms with E-state index in [1.807, 2.05) is 25.1 Å². The molecule has 0 bridgehead atoms. The fraction of sp³-hybridized carbons (Fsp3) is 0.312. The minimum atomic E-state index is -0.220. The van der Waals surface area contributed by atoms with Crippen molar-refractivity contribution < 1.29 is 13.9 Å². The number of halogens is 1. The number of hydrogen-bond acceptors (Lipinski definition) is 4. The zero-order chi connectivity index (χ0) is 26.0. The highest BCUT2D eigenvalue weighted by atomic mass is 19.1. The summed E-state index contributed by atoms with van der Waals surface area (Å²) in [5.41, 5.74) is 5.55. The lowest BCUT2D eigenvalue weighted by atomic mass is 10.1. The predicted octanol–water partition coefficient (Wildman–Crippen LogP) is 7.62. The molecule has 1 aliphatic heterocycles. The number of benzene rings is 3. The van der Waals surface area contributed by atoms with Gasteiger partial charge in [0.25, 0.3) is 0 Å². The molecule has 0 atom stereocenters. The van der Waals surface area contributed by atoms with Crippen molar-refractivity contribution in [1.82, 2.24) is 9.80 Å². The SMILES string of the molecule is C/C=C(/CN(Cc1ccccc1)Cc1ccc2c(c1)OCO2)N(CCCC)/C(=C/C)c1cccc(F)c1. The van der Waals surface area contributed by atoms with E-state index in [4.69, 9.17) is 9.47 Å². The maximum atomic E-state index is 14.2. The van der Waals surface area contributed by atoms with Crippen LogP contribution in [0.15, 0.2) is 90.6 Å². The zero-order valence-electron chi connectivity index (χ0n) is 22.1. The summed E-state index contributed by atoms with van der Waals surface area (Å²) in [4.78, 5) is 4.80. The first-order valence-corrected chi connectivity index (χ1v) is 13.1. The molecule has 3 aromatic carbocycles. The van der Waals surface area contributed by atoms with Gasteiger partial charge in [-0.05, 0) is 55.7 Å². The van der Waals surface area contributed by atoms with Crippen LogP contribution in [-0.2, 0) is 13.1 Å². The summed E-state index contributed by atoms with van der Waals surface area (Å²) in [5.74, 6) is 1.38. The van der Waals surface area contributed by atoms with Crippen LogP contribution in [0.4, 0.5) is 4.39 Å².